The van der Waals surface area contributed by atoms with Crippen LogP contribution < -0.4 is 10.1 Å². The Hall–Kier alpha value is -3.44. The largest absolute Gasteiger partial charge is 0.497 e. The van der Waals surface area contributed by atoms with Gasteiger partial charge in [0.1, 0.15) is 5.75 Å². The summed E-state index contributed by atoms with van der Waals surface area (Å²) >= 11 is 0. The zero-order valence-electron chi connectivity index (χ0n) is 16.8. The van der Waals surface area contributed by atoms with Gasteiger partial charge < -0.3 is 15.2 Å². The first-order valence-corrected chi connectivity index (χ1v) is 9.97. The first-order chi connectivity index (χ1) is 14.7. The Morgan fingerprint density at radius 1 is 1.10 bits per heavy atom. The molecule has 5 heteroatoms. The van der Waals surface area contributed by atoms with Crippen LogP contribution in [0.2, 0.25) is 0 Å². The molecule has 4 rings (SSSR count). The van der Waals surface area contributed by atoms with Crippen molar-refractivity contribution in [1.82, 2.24) is 5.32 Å². The summed E-state index contributed by atoms with van der Waals surface area (Å²) in [5.74, 6) is 0.535. The van der Waals surface area contributed by atoms with Crippen molar-refractivity contribution in [2.75, 3.05) is 13.7 Å². The van der Waals surface area contributed by atoms with Crippen molar-refractivity contribution in [3.05, 3.63) is 89.0 Å². The van der Waals surface area contributed by atoms with E-state index in [0.717, 1.165) is 28.8 Å². The van der Waals surface area contributed by atoms with E-state index in [1.165, 1.54) is 5.56 Å². The minimum atomic E-state index is -0.308. The summed E-state index contributed by atoms with van der Waals surface area (Å²) in [6.07, 6.45) is 2.31. The van der Waals surface area contributed by atoms with Crippen molar-refractivity contribution >= 4 is 12.1 Å². The number of rotatable bonds is 7. The number of nitrogens with one attached hydrogen (secondary N) is 1. The average Bonchev–Trinajstić information content (AvgIpc) is 3.27. The number of aliphatic hydroxyl groups excluding tert-OH is 1. The number of aliphatic hydroxyl groups is 1. The standard InChI is InChI=1S/C25H24N2O3/c1-30-23-7-3-5-19(14-23)24(10-11-28)27-25(29)20-6-2-4-17(12-20)18-8-9-21-15-26-16-22(21)13-18/h2-9,12-14,16,24,28H,10-11,15H2,1H3,(H,27,29). The third-order valence-corrected chi connectivity index (χ3v) is 5.32. The molecule has 0 bridgehead atoms. The fourth-order valence-corrected chi connectivity index (χ4v) is 3.67. The van der Waals surface area contributed by atoms with Crippen molar-refractivity contribution in [2.45, 2.75) is 19.0 Å². The molecule has 1 atom stereocenters. The molecule has 0 aliphatic carbocycles. The van der Waals surface area contributed by atoms with Crippen LogP contribution in [0, 0.1) is 0 Å². The van der Waals surface area contributed by atoms with Gasteiger partial charge in [0.05, 0.1) is 19.7 Å². The van der Waals surface area contributed by atoms with Gasteiger partial charge in [-0.15, -0.1) is 0 Å². The lowest BCUT2D eigenvalue weighted by molar-refractivity contribution is 0.0930. The first kappa shape index (κ1) is 19.9. The van der Waals surface area contributed by atoms with E-state index in [-0.39, 0.29) is 18.6 Å². The predicted molar refractivity (Wildman–Crippen MR) is 118 cm³/mol. The van der Waals surface area contributed by atoms with Gasteiger partial charge in [0.25, 0.3) is 5.91 Å². The number of amides is 1. The number of carbonyl (C=O) groups is 1. The molecule has 5 nitrogen and oxygen atoms in total. The van der Waals surface area contributed by atoms with Crippen LogP contribution in [0.1, 0.15) is 39.5 Å². The van der Waals surface area contributed by atoms with Crippen LogP contribution >= 0.6 is 0 Å². The number of fused-ring (bicyclic) bond motifs is 1. The summed E-state index contributed by atoms with van der Waals surface area (Å²) in [5, 5.41) is 12.5. The van der Waals surface area contributed by atoms with Crippen molar-refractivity contribution in [3.8, 4) is 16.9 Å². The summed E-state index contributed by atoms with van der Waals surface area (Å²) in [5.41, 5.74) is 5.85. The van der Waals surface area contributed by atoms with Crippen LogP contribution in [0.5, 0.6) is 5.75 Å². The van der Waals surface area contributed by atoms with Gasteiger partial charge in [0.2, 0.25) is 0 Å². The molecule has 1 unspecified atom stereocenters. The lowest BCUT2D eigenvalue weighted by Gasteiger charge is -2.19. The second-order valence-corrected chi connectivity index (χ2v) is 7.28. The van der Waals surface area contributed by atoms with Crippen molar-refractivity contribution in [1.29, 1.82) is 0 Å². The van der Waals surface area contributed by atoms with Crippen LogP contribution in [0.4, 0.5) is 0 Å². The second kappa shape index (κ2) is 8.93. The Morgan fingerprint density at radius 2 is 1.93 bits per heavy atom. The number of carbonyl (C=O) groups excluding carboxylic acids is 1. The molecular formula is C25H24N2O3. The molecule has 3 aromatic carbocycles. The Kier molecular flexibility index (Phi) is 5.91. The van der Waals surface area contributed by atoms with Gasteiger partial charge in [-0.3, -0.25) is 9.79 Å². The average molecular weight is 400 g/mol. The fourth-order valence-electron chi connectivity index (χ4n) is 3.67. The van der Waals surface area contributed by atoms with Crippen LogP contribution in [0.15, 0.2) is 71.7 Å². The number of ether oxygens (including phenoxy) is 1. The fraction of sp³-hybridized carbons (Fsp3) is 0.200. The molecule has 1 aliphatic rings. The molecule has 1 aliphatic heterocycles. The third kappa shape index (κ3) is 4.26. The SMILES string of the molecule is COc1cccc(C(CCO)NC(=O)c2cccc(-c3ccc4c(c3)C=NC4)c2)c1. The summed E-state index contributed by atoms with van der Waals surface area (Å²) in [6.45, 7) is 0.702. The van der Waals surface area contributed by atoms with E-state index in [1.807, 2.05) is 48.7 Å². The molecule has 0 radical (unpaired) electrons. The highest BCUT2D eigenvalue weighted by molar-refractivity contribution is 5.96. The third-order valence-electron chi connectivity index (χ3n) is 5.32. The summed E-state index contributed by atoms with van der Waals surface area (Å²) in [7, 11) is 1.61. The minimum Gasteiger partial charge on any atom is -0.497 e. The summed E-state index contributed by atoms with van der Waals surface area (Å²) in [4.78, 5) is 17.3. The van der Waals surface area contributed by atoms with Crippen molar-refractivity contribution in [2.24, 2.45) is 4.99 Å². The van der Waals surface area contributed by atoms with Crippen LogP contribution in [0.3, 0.4) is 0 Å². The number of benzene rings is 3. The van der Waals surface area contributed by atoms with Gasteiger partial charge in [-0.05, 0) is 64.6 Å². The van der Waals surface area contributed by atoms with Crippen molar-refractivity contribution < 1.29 is 14.6 Å². The van der Waals surface area contributed by atoms with Crippen molar-refractivity contribution in [3.63, 3.8) is 0 Å². The Labute approximate surface area is 176 Å². The summed E-state index contributed by atoms with van der Waals surface area (Å²) in [6, 6.07) is 21.1. The van der Waals surface area contributed by atoms with E-state index in [0.29, 0.717) is 17.7 Å². The molecule has 1 amide bonds. The molecule has 0 saturated carbocycles. The highest BCUT2D eigenvalue weighted by Gasteiger charge is 2.17. The van der Waals surface area contributed by atoms with Gasteiger partial charge >= 0.3 is 0 Å². The molecule has 0 aromatic heterocycles. The topological polar surface area (TPSA) is 70.9 Å². The normalized spacial score (nSPS) is 13.0. The molecule has 0 fully saturated rings. The number of hydrogen-bond acceptors (Lipinski definition) is 4. The van der Waals surface area contributed by atoms with Gasteiger partial charge in [0.15, 0.2) is 0 Å². The minimum absolute atomic E-state index is 0.0289. The predicted octanol–water partition coefficient (Wildman–Crippen LogP) is 4.15. The van der Waals surface area contributed by atoms with Gasteiger partial charge in [-0.25, -0.2) is 0 Å². The Balaban J connectivity index is 1.56. The Morgan fingerprint density at radius 3 is 2.77 bits per heavy atom. The highest BCUT2D eigenvalue weighted by Crippen LogP contribution is 2.26. The smallest absolute Gasteiger partial charge is 0.251 e. The molecule has 30 heavy (non-hydrogen) atoms. The maximum absolute atomic E-state index is 13.0. The van der Waals surface area contributed by atoms with E-state index in [4.69, 9.17) is 4.74 Å². The van der Waals surface area contributed by atoms with E-state index in [9.17, 15) is 9.90 Å². The zero-order valence-corrected chi connectivity index (χ0v) is 16.8. The lowest BCUT2D eigenvalue weighted by Crippen LogP contribution is -2.29. The molecular weight excluding hydrogens is 376 g/mol. The molecule has 0 saturated heterocycles. The second-order valence-electron chi connectivity index (χ2n) is 7.28. The quantitative estimate of drug-likeness (QED) is 0.626. The van der Waals surface area contributed by atoms with Crippen LogP contribution in [0.25, 0.3) is 11.1 Å². The van der Waals surface area contributed by atoms with Gasteiger partial charge in [0, 0.05) is 18.4 Å². The first-order valence-electron chi connectivity index (χ1n) is 9.97. The maximum Gasteiger partial charge on any atom is 0.251 e. The molecule has 2 N–H and O–H groups in total. The van der Waals surface area contributed by atoms with E-state index >= 15 is 0 Å². The van der Waals surface area contributed by atoms with Gasteiger partial charge in [-0.1, -0.05) is 36.4 Å². The number of hydrogen-bond donors (Lipinski definition) is 2. The highest BCUT2D eigenvalue weighted by atomic mass is 16.5. The maximum atomic E-state index is 13.0. The van der Waals surface area contributed by atoms with E-state index in [2.05, 4.69) is 28.5 Å². The lowest BCUT2D eigenvalue weighted by atomic mass is 9.98. The Bertz CT molecular complexity index is 1090. The molecule has 152 valence electrons. The van der Waals surface area contributed by atoms with Gasteiger partial charge in [-0.2, -0.15) is 0 Å². The number of methoxy groups -OCH3 is 1. The van der Waals surface area contributed by atoms with Crippen LogP contribution in [-0.4, -0.2) is 30.9 Å². The molecule has 0 spiro atoms. The summed E-state index contributed by atoms with van der Waals surface area (Å²) < 4.78 is 5.28. The van der Waals surface area contributed by atoms with Crippen LogP contribution in [-0.2, 0) is 6.54 Å². The van der Waals surface area contributed by atoms with E-state index < -0.39 is 0 Å². The monoisotopic (exact) mass is 400 g/mol. The zero-order chi connectivity index (χ0) is 20.9. The molecule has 3 aromatic rings. The molecule has 1 heterocycles. The van der Waals surface area contributed by atoms with E-state index in [1.54, 1.807) is 13.2 Å². The number of aliphatic imine (C=N–C) groups is 1. The number of nitrogens with zero attached hydrogens (tertiary/aromatic N) is 1.